The van der Waals surface area contributed by atoms with Gasteiger partial charge in [-0.05, 0) is 12.6 Å². The van der Waals surface area contributed by atoms with E-state index in [1.54, 1.807) is 6.92 Å². The number of nitrogens with zero attached hydrogens (tertiary/aromatic N) is 2. The third-order valence-electron chi connectivity index (χ3n) is 2.21. The summed E-state index contributed by atoms with van der Waals surface area (Å²) in [6.45, 7) is 1.79. The number of benzene rings is 1. The Morgan fingerprint density at radius 1 is 1.20 bits per heavy atom. The third-order valence-corrected chi connectivity index (χ3v) is 2.21. The van der Waals surface area contributed by atoms with Crippen LogP contribution in [0.4, 0.5) is 0 Å². The molecule has 0 aliphatic carbocycles. The normalized spacial score (nSPS) is 12.7. The van der Waals surface area contributed by atoms with Crippen LogP contribution in [0.25, 0.3) is 0 Å². The second-order valence-electron chi connectivity index (χ2n) is 3.29. The molecular weight excluding hydrogens is 190 g/mol. The van der Waals surface area contributed by atoms with Crippen LogP contribution in [-0.4, -0.2) is 17.2 Å². The van der Waals surface area contributed by atoms with Gasteiger partial charge in [-0.15, -0.1) is 10.2 Å². The van der Waals surface area contributed by atoms with Crippen molar-refractivity contribution in [3.8, 4) is 0 Å². The molecule has 4 nitrogen and oxygen atoms in total. The van der Waals surface area contributed by atoms with Crippen LogP contribution in [0.1, 0.15) is 23.4 Å². The first-order chi connectivity index (χ1) is 7.31. The molecule has 0 radical (unpaired) electrons. The van der Waals surface area contributed by atoms with Crippen LogP contribution in [0.3, 0.4) is 0 Å². The van der Waals surface area contributed by atoms with Crippen molar-refractivity contribution < 1.29 is 4.42 Å². The Labute approximate surface area is 88.3 Å². The van der Waals surface area contributed by atoms with Gasteiger partial charge in [0.05, 0.1) is 0 Å². The highest BCUT2D eigenvalue weighted by Crippen LogP contribution is 2.19. The molecule has 0 aliphatic heterocycles. The zero-order chi connectivity index (χ0) is 10.7. The molecule has 2 aromatic rings. The van der Waals surface area contributed by atoms with Crippen molar-refractivity contribution in [2.75, 3.05) is 7.05 Å². The van der Waals surface area contributed by atoms with Gasteiger partial charge in [-0.1, -0.05) is 30.3 Å². The predicted molar refractivity (Wildman–Crippen MR) is 56.4 cm³/mol. The monoisotopic (exact) mass is 203 g/mol. The number of rotatable bonds is 3. The summed E-state index contributed by atoms with van der Waals surface area (Å²) in [4.78, 5) is 0. The molecule has 1 aromatic carbocycles. The molecule has 1 atom stereocenters. The van der Waals surface area contributed by atoms with Gasteiger partial charge < -0.3 is 9.73 Å². The first-order valence-electron chi connectivity index (χ1n) is 4.83. The van der Waals surface area contributed by atoms with Crippen LogP contribution in [0.5, 0.6) is 0 Å². The van der Waals surface area contributed by atoms with Gasteiger partial charge in [0.2, 0.25) is 11.8 Å². The smallest absolute Gasteiger partial charge is 0.237 e. The lowest BCUT2D eigenvalue weighted by Gasteiger charge is -2.11. The maximum atomic E-state index is 5.41. The van der Waals surface area contributed by atoms with Crippen molar-refractivity contribution in [3.05, 3.63) is 47.7 Å². The minimum absolute atomic E-state index is 0.0348. The second kappa shape index (κ2) is 4.23. The summed E-state index contributed by atoms with van der Waals surface area (Å²) < 4.78 is 5.41. The van der Waals surface area contributed by atoms with E-state index in [1.807, 2.05) is 37.4 Å². The van der Waals surface area contributed by atoms with Crippen LogP contribution >= 0.6 is 0 Å². The average Bonchev–Trinajstić information content (AvgIpc) is 2.68. The summed E-state index contributed by atoms with van der Waals surface area (Å²) >= 11 is 0. The molecule has 2 rings (SSSR count). The summed E-state index contributed by atoms with van der Waals surface area (Å²) in [5.74, 6) is 1.18. The molecule has 0 amide bonds. The molecule has 1 aromatic heterocycles. The highest BCUT2D eigenvalue weighted by Gasteiger charge is 2.17. The Morgan fingerprint density at radius 3 is 2.47 bits per heavy atom. The molecule has 0 fully saturated rings. The summed E-state index contributed by atoms with van der Waals surface area (Å²) in [6, 6.07) is 9.98. The van der Waals surface area contributed by atoms with Crippen LogP contribution < -0.4 is 5.32 Å². The van der Waals surface area contributed by atoms with E-state index < -0.39 is 0 Å². The highest BCUT2D eigenvalue weighted by atomic mass is 16.4. The van der Waals surface area contributed by atoms with Gasteiger partial charge in [-0.25, -0.2) is 0 Å². The van der Waals surface area contributed by atoms with Gasteiger partial charge in [-0.2, -0.15) is 0 Å². The van der Waals surface area contributed by atoms with Crippen LogP contribution in [0, 0.1) is 6.92 Å². The van der Waals surface area contributed by atoms with Crippen LogP contribution in [0.15, 0.2) is 34.7 Å². The van der Waals surface area contributed by atoms with Crippen LogP contribution in [0.2, 0.25) is 0 Å². The average molecular weight is 203 g/mol. The summed E-state index contributed by atoms with van der Waals surface area (Å²) in [5, 5.41) is 11.0. The minimum atomic E-state index is -0.0348. The molecule has 0 saturated carbocycles. The van der Waals surface area contributed by atoms with Crippen molar-refractivity contribution in [3.63, 3.8) is 0 Å². The van der Waals surface area contributed by atoms with Gasteiger partial charge in [0.25, 0.3) is 0 Å². The van der Waals surface area contributed by atoms with Gasteiger partial charge in [0, 0.05) is 6.92 Å². The molecule has 0 spiro atoms. The molecule has 1 heterocycles. The fourth-order valence-electron chi connectivity index (χ4n) is 1.51. The van der Waals surface area contributed by atoms with E-state index in [2.05, 4.69) is 15.5 Å². The third kappa shape index (κ3) is 2.05. The molecule has 1 N–H and O–H groups in total. The topological polar surface area (TPSA) is 51.0 Å². The van der Waals surface area contributed by atoms with E-state index in [1.165, 1.54) is 0 Å². The molecule has 15 heavy (non-hydrogen) atoms. The number of hydrogen-bond acceptors (Lipinski definition) is 4. The number of hydrogen-bond donors (Lipinski definition) is 1. The lowest BCUT2D eigenvalue weighted by atomic mass is 10.1. The Bertz CT molecular complexity index is 424. The van der Waals surface area contributed by atoms with Gasteiger partial charge in [-0.3, -0.25) is 0 Å². The Balaban J connectivity index is 2.33. The fraction of sp³-hybridized carbons (Fsp3) is 0.273. The molecular formula is C11H13N3O. The zero-order valence-electron chi connectivity index (χ0n) is 8.77. The van der Waals surface area contributed by atoms with Crippen molar-refractivity contribution >= 4 is 0 Å². The largest absolute Gasteiger partial charge is 0.423 e. The molecule has 0 aliphatic rings. The first-order valence-corrected chi connectivity index (χ1v) is 4.83. The van der Waals surface area contributed by atoms with Crippen molar-refractivity contribution in [2.24, 2.45) is 0 Å². The Hall–Kier alpha value is -1.68. The SMILES string of the molecule is CNC(c1ccccc1)c1nnc(C)o1. The maximum absolute atomic E-state index is 5.41. The fourth-order valence-corrected chi connectivity index (χ4v) is 1.51. The van der Waals surface area contributed by atoms with Crippen LogP contribution in [-0.2, 0) is 0 Å². The standard InChI is InChI=1S/C11H13N3O/c1-8-13-14-11(15-8)10(12-2)9-6-4-3-5-7-9/h3-7,10,12H,1-2H3. The van der Waals surface area contributed by atoms with Crippen molar-refractivity contribution in [1.82, 2.24) is 15.5 Å². The Kier molecular flexibility index (Phi) is 2.78. The molecule has 0 bridgehead atoms. The molecule has 1 unspecified atom stereocenters. The minimum Gasteiger partial charge on any atom is -0.423 e. The predicted octanol–water partition coefficient (Wildman–Crippen LogP) is 1.69. The van der Waals surface area contributed by atoms with E-state index >= 15 is 0 Å². The van der Waals surface area contributed by atoms with E-state index in [0.29, 0.717) is 11.8 Å². The quantitative estimate of drug-likeness (QED) is 0.824. The zero-order valence-corrected chi connectivity index (χ0v) is 8.77. The highest BCUT2D eigenvalue weighted by molar-refractivity contribution is 5.23. The van der Waals surface area contributed by atoms with Gasteiger partial charge in [0.15, 0.2) is 0 Å². The summed E-state index contributed by atoms with van der Waals surface area (Å²) in [5.41, 5.74) is 1.11. The van der Waals surface area contributed by atoms with E-state index in [9.17, 15) is 0 Å². The van der Waals surface area contributed by atoms with Crippen molar-refractivity contribution in [2.45, 2.75) is 13.0 Å². The molecule has 0 saturated heterocycles. The Morgan fingerprint density at radius 2 is 1.93 bits per heavy atom. The summed E-state index contributed by atoms with van der Waals surface area (Å²) in [7, 11) is 1.87. The maximum Gasteiger partial charge on any atom is 0.237 e. The second-order valence-corrected chi connectivity index (χ2v) is 3.29. The van der Waals surface area contributed by atoms with E-state index in [0.717, 1.165) is 5.56 Å². The molecule has 78 valence electrons. The number of aromatic nitrogens is 2. The first kappa shape index (κ1) is 9.86. The molecule has 4 heteroatoms. The lowest BCUT2D eigenvalue weighted by molar-refractivity contribution is 0.429. The lowest BCUT2D eigenvalue weighted by Crippen LogP contribution is -2.17. The van der Waals surface area contributed by atoms with E-state index in [-0.39, 0.29) is 6.04 Å². The number of aryl methyl sites for hydroxylation is 1. The van der Waals surface area contributed by atoms with Gasteiger partial charge in [0.1, 0.15) is 6.04 Å². The number of nitrogens with one attached hydrogen (secondary N) is 1. The van der Waals surface area contributed by atoms with Crippen molar-refractivity contribution in [1.29, 1.82) is 0 Å². The van der Waals surface area contributed by atoms with Gasteiger partial charge >= 0.3 is 0 Å². The summed E-state index contributed by atoms with van der Waals surface area (Å²) in [6.07, 6.45) is 0. The van der Waals surface area contributed by atoms with E-state index in [4.69, 9.17) is 4.42 Å².